The van der Waals surface area contributed by atoms with Crippen molar-refractivity contribution in [2.24, 2.45) is 0 Å². The van der Waals surface area contributed by atoms with Crippen LogP contribution in [-0.4, -0.2) is 0 Å². The Morgan fingerprint density at radius 1 is 0.431 bits per heavy atom. The van der Waals surface area contributed by atoms with Crippen molar-refractivity contribution in [1.82, 2.24) is 0 Å². The van der Waals surface area contributed by atoms with E-state index in [2.05, 4.69) is 196 Å². The van der Waals surface area contributed by atoms with Gasteiger partial charge in [0.05, 0.1) is 5.69 Å². The average Bonchev–Trinajstić information content (AvgIpc) is 3.54. The fourth-order valence-corrected chi connectivity index (χ4v) is 9.19. The Hall–Kier alpha value is -5.92. The number of nitrogens with zero attached hydrogens (tertiary/aromatic N) is 1. The maximum absolute atomic E-state index is 2.43. The molecule has 244 valence electrons. The first-order valence-electron chi connectivity index (χ1n) is 18.1. The summed E-state index contributed by atoms with van der Waals surface area (Å²) in [5, 5.41) is 7.95. The maximum Gasteiger partial charge on any atom is 0.0540 e. The molecule has 2 aliphatic carbocycles. The van der Waals surface area contributed by atoms with Gasteiger partial charge in [0, 0.05) is 27.6 Å². The van der Waals surface area contributed by atoms with Crippen LogP contribution in [0.1, 0.15) is 61.1 Å². The molecule has 10 rings (SSSR count). The lowest BCUT2D eigenvalue weighted by Gasteiger charge is -2.29. The van der Waals surface area contributed by atoms with Crippen molar-refractivity contribution in [2.75, 3.05) is 4.90 Å². The third-order valence-electron chi connectivity index (χ3n) is 11.8. The molecule has 0 atom stereocenters. The standard InChI is InChI=1S/C50H39N/c1-49(2)42-19-11-10-17-39(42)40-27-26-37(31-44(40)49)51(36-14-6-5-7-15-36)46-28-25-33(38-16-8-9-18-41(38)46)22-21-32-29-35-24-23-34-13-12-20-43-47(34)48(35)45(30-32)50(43,3)4/h5-31H,1-4H3. The summed E-state index contributed by atoms with van der Waals surface area (Å²) in [6.07, 6.45) is 4.60. The molecule has 0 amide bonds. The summed E-state index contributed by atoms with van der Waals surface area (Å²) < 4.78 is 0. The average molecular weight is 654 g/mol. The van der Waals surface area contributed by atoms with Gasteiger partial charge in [-0.3, -0.25) is 0 Å². The van der Waals surface area contributed by atoms with Gasteiger partial charge in [-0.05, 0) is 108 Å². The van der Waals surface area contributed by atoms with Crippen LogP contribution >= 0.6 is 0 Å². The number of fused-ring (bicyclic) bond motifs is 4. The van der Waals surface area contributed by atoms with E-state index in [1.807, 2.05) is 0 Å². The molecule has 0 aromatic heterocycles. The molecule has 0 saturated heterocycles. The van der Waals surface area contributed by atoms with Crippen LogP contribution in [-0.2, 0) is 10.8 Å². The van der Waals surface area contributed by atoms with Crippen molar-refractivity contribution in [3.8, 4) is 11.1 Å². The second-order valence-electron chi connectivity index (χ2n) is 15.4. The minimum absolute atomic E-state index is 0.0316. The second kappa shape index (κ2) is 10.8. The van der Waals surface area contributed by atoms with Crippen LogP contribution in [0.2, 0.25) is 0 Å². The molecule has 0 unspecified atom stereocenters. The zero-order chi connectivity index (χ0) is 34.5. The first kappa shape index (κ1) is 29.9. The number of hydrogen-bond donors (Lipinski definition) is 0. The Balaban J connectivity index is 1.09. The van der Waals surface area contributed by atoms with Gasteiger partial charge < -0.3 is 4.90 Å². The van der Waals surface area contributed by atoms with Gasteiger partial charge in [-0.2, -0.15) is 0 Å². The molecule has 51 heavy (non-hydrogen) atoms. The Morgan fingerprint density at radius 2 is 1.12 bits per heavy atom. The highest BCUT2D eigenvalue weighted by atomic mass is 15.1. The third kappa shape index (κ3) is 4.34. The van der Waals surface area contributed by atoms with Gasteiger partial charge in [-0.15, -0.1) is 0 Å². The summed E-state index contributed by atoms with van der Waals surface area (Å²) in [4.78, 5) is 2.43. The van der Waals surface area contributed by atoms with Crippen molar-refractivity contribution in [3.05, 3.63) is 185 Å². The lowest BCUT2D eigenvalue weighted by Crippen LogP contribution is -2.16. The van der Waals surface area contributed by atoms with Gasteiger partial charge in [0.1, 0.15) is 0 Å². The van der Waals surface area contributed by atoms with E-state index in [1.165, 1.54) is 88.2 Å². The number of anilines is 3. The van der Waals surface area contributed by atoms with E-state index in [1.54, 1.807) is 0 Å². The molecule has 0 heterocycles. The smallest absolute Gasteiger partial charge is 0.0540 e. The molecule has 0 saturated carbocycles. The van der Waals surface area contributed by atoms with E-state index in [0.29, 0.717) is 0 Å². The maximum atomic E-state index is 2.43. The highest BCUT2D eigenvalue weighted by Crippen LogP contribution is 2.52. The van der Waals surface area contributed by atoms with Gasteiger partial charge >= 0.3 is 0 Å². The van der Waals surface area contributed by atoms with Crippen LogP contribution in [0.3, 0.4) is 0 Å². The van der Waals surface area contributed by atoms with Crippen molar-refractivity contribution in [3.63, 3.8) is 0 Å². The molecule has 1 heteroatoms. The van der Waals surface area contributed by atoms with Crippen LogP contribution < -0.4 is 4.90 Å². The van der Waals surface area contributed by atoms with Gasteiger partial charge in [-0.25, -0.2) is 0 Å². The molecule has 8 aromatic carbocycles. The second-order valence-corrected chi connectivity index (χ2v) is 15.4. The predicted octanol–water partition coefficient (Wildman–Crippen LogP) is 13.7. The zero-order valence-corrected chi connectivity index (χ0v) is 29.5. The SMILES string of the molecule is CC1(C)c2ccccc2-c2ccc(N(c3ccccc3)c3ccc(C=Cc4cc5c6c(ccc7cccc(c76)C5(C)C)c4)c4ccccc34)cc21. The largest absolute Gasteiger partial charge is 0.310 e. The minimum atomic E-state index is -0.0763. The lowest BCUT2D eigenvalue weighted by atomic mass is 9.81. The molecule has 8 aromatic rings. The highest BCUT2D eigenvalue weighted by Gasteiger charge is 2.36. The summed E-state index contributed by atoms with van der Waals surface area (Å²) in [6.45, 7) is 9.45. The molecule has 0 radical (unpaired) electrons. The Bertz CT molecular complexity index is 2740. The molecule has 1 nitrogen and oxygen atoms in total. The van der Waals surface area contributed by atoms with Gasteiger partial charge in [0.15, 0.2) is 0 Å². The number of rotatable bonds is 5. The number of benzene rings is 8. The van der Waals surface area contributed by atoms with Crippen molar-refractivity contribution < 1.29 is 0 Å². The van der Waals surface area contributed by atoms with Crippen LogP contribution in [0, 0.1) is 0 Å². The van der Waals surface area contributed by atoms with Crippen LogP contribution in [0.5, 0.6) is 0 Å². The summed E-state index contributed by atoms with van der Waals surface area (Å²) in [6, 6.07) is 56.3. The Labute approximate surface area is 300 Å². The predicted molar refractivity (Wildman–Crippen MR) is 219 cm³/mol. The molecular weight excluding hydrogens is 615 g/mol. The summed E-state index contributed by atoms with van der Waals surface area (Å²) in [7, 11) is 0. The fraction of sp³-hybridized carbons (Fsp3) is 0.120. The normalized spacial score (nSPS) is 14.9. The minimum Gasteiger partial charge on any atom is -0.310 e. The number of hydrogen-bond acceptors (Lipinski definition) is 1. The van der Waals surface area contributed by atoms with Gasteiger partial charge in [-0.1, -0.05) is 155 Å². The summed E-state index contributed by atoms with van der Waals surface area (Å²) in [5.41, 5.74) is 14.1. The lowest BCUT2D eigenvalue weighted by molar-refractivity contribution is 0.660. The Morgan fingerprint density at radius 3 is 1.98 bits per heavy atom. The molecule has 2 aliphatic rings. The topological polar surface area (TPSA) is 3.24 Å². The van der Waals surface area contributed by atoms with E-state index >= 15 is 0 Å². The van der Waals surface area contributed by atoms with Gasteiger partial charge in [0.25, 0.3) is 0 Å². The third-order valence-corrected chi connectivity index (χ3v) is 11.8. The molecule has 0 aliphatic heterocycles. The van der Waals surface area contributed by atoms with Crippen LogP contribution in [0.15, 0.2) is 152 Å². The van der Waals surface area contributed by atoms with E-state index in [0.717, 1.165) is 5.69 Å². The van der Waals surface area contributed by atoms with Crippen LogP contribution in [0.25, 0.3) is 55.6 Å². The van der Waals surface area contributed by atoms with Crippen molar-refractivity contribution >= 4 is 61.5 Å². The first-order valence-corrected chi connectivity index (χ1v) is 18.1. The zero-order valence-electron chi connectivity index (χ0n) is 29.5. The van der Waals surface area contributed by atoms with E-state index < -0.39 is 0 Å². The van der Waals surface area contributed by atoms with E-state index in [4.69, 9.17) is 0 Å². The summed E-state index contributed by atoms with van der Waals surface area (Å²) >= 11 is 0. The quantitative estimate of drug-likeness (QED) is 0.132. The van der Waals surface area contributed by atoms with Crippen LogP contribution in [0.4, 0.5) is 17.1 Å². The fourth-order valence-electron chi connectivity index (χ4n) is 9.19. The summed E-state index contributed by atoms with van der Waals surface area (Å²) in [5.74, 6) is 0. The monoisotopic (exact) mass is 653 g/mol. The molecule has 0 spiro atoms. The van der Waals surface area contributed by atoms with E-state index in [-0.39, 0.29) is 10.8 Å². The Kier molecular flexibility index (Phi) is 6.34. The molecular formula is C50H39N. The van der Waals surface area contributed by atoms with Gasteiger partial charge in [0.2, 0.25) is 0 Å². The van der Waals surface area contributed by atoms with Crippen molar-refractivity contribution in [2.45, 2.75) is 38.5 Å². The number of para-hydroxylation sites is 1. The molecule has 0 N–H and O–H groups in total. The molecule has 0 fully saturated rings. The molecule has 0 bridgehead atoms. The highest BCUT2D eigenvalue weighted by molar-refractivity contribution is 6.15. The van der Waals surface area contributed by atoms with E-state index in [9.17, 15) is 0 Å². The van der Waals surface area contributed by atoms with Crippen molar-refractivity contribution in [1.29, 1.82) is 0 Å². The first-order chi connectivity index (χ1) is 24.8.